The van der Waals surface area contributed by atoms with Gasteiger partial charge in [-0.15, -0.1) is 0 Å². The van der Waals surface area contributed by atoms with Crippen LogP contribution in [0.2, 0.25) is 5.02 Å². The van der Waals surface area contributed by atoms with E-state index in [1.807, 2.05) is 32.8 Å². The van der Waals surface area contributed by atoms with Gasteiger partial charge in [-0.1, -0.05) is 11.6 Å². The van der Waals surface area contributed by atoms with Crippen molar-refractivity contribution in [2.45, 2.75) is 19.4 Å². The molecule has 1 aromatic heterocycles. The molecule has 0 amide bonds. The molecule has 0 spiro atoms. The van der Waals surface area contributed by atoms with E-state index in [9.17, 15) is 4.79 Å². The molecule has 0 aromatic carbocycles. The van der Waals surface area contributed by atoms with Crippen molar-refractivity contribution < 1.29 is 4.79 Å². The number of rotatable bonds is 3. The van der Waals surface area contributed by atoms with Crippen molar-refractivity contribution in [3.8, 4) is 0 Å². The van der Waals surface area contributed by atoms with Crippen LogP contribution >= 0.6 is 23.4 Å². The second-order valence-corrected chi connectivity index (χ2v) is 6.21. The van der Waals surface area contributed by atoms with Crippen LogP contribution < -0.4 is 0 Å². The highest BCUT2D eigenvalue weighted by atomic mass is 35.5. The van der Waals surface area contributed by atoms with Gasteiger partial charge in [0.25, 0.3) is 0 Å². The fourth-order valence-corrected chi connectivity index (χ4v) is 3.65. The normalized spacial score (nSPS) is 21.2. The maximum Gasteiger partial charge on any atom is 0.156 e. The van der Waals surface area contributed by atoms with Crippen LogP contribution in [0, 0.1) is 6.92 Å². The number of hydrogen-bond donors (Lipinski definition) is 0. The Bertz CT molecular complexity index is 460. The predicted octanol–water partition coefficient (Wildman–Crippen LogP) is 1.54. The van der Waals surface area contributed by atoms with Crippen molar-refractivity contribution in [1.82, 2.24) is 14.7 Å². The lowest BCUT2D eigenvalue weighted by molar-refractivity contribution is -0.122. The third-order valence-corrected chi connectivity index (χ3v) is 4.89. The SMILES string of the molecule is Cc1nn(C)c(CC(=O)C2CSCCN2C)c1Cl. The van der Waals surface area contributed by atoms with Gasteiger partial charge in [-0.05, 0) is 14.0 Å². The molecule has 1 saturated heterocycles. The molecular weight excluding hydrogens is 270 g/mol. The number of hydrogen-bond acceptors (Lipinski definition) is 4. The molecule has 0 radical (unpaired) electrons. The minimum Gasteiger partial charge on any atom is -0.297 e. The molecule has 100 valence electrons. The van der Waals surface area contributed by atoms with Crippen LogP contribution in [-0.4, -0.2) is 51.6 Å². The van der Waals surface area contributed by atoms with Crippen molar-refractivity contribution in [3.63, 3.8) is 0 Å². The average molecular weight is 288 g/mol. The Morgan fingerprint density at radius 2 is 2.28 bits per heavy atom. The van der Waals surface area contributed by atoms with Crippen LogP contribution in [0.5, 0.6) is 0 Å². The van der Waals surface area contributed by atoms with E-state index in [1.165, 1.54) is 0 Å². The molecule has 1 aliphatic heterocycles. The first-order valence-corrected chi connectivity index (χ1v) is 7.52. The number of aryl methyl sites for hydroxylation is 2. The molecule has 0 aliphatic carbocycles. The Morgan fingerprint density at radius 1 is 1.56 bits per heavy atom. The van der Waals surface area contributed by atoms with Crippen LogP contribution in [0.3, 0.4) is 0 Å². The van der Waals surface area contributed by atoms with E-state index in [0.29, 0.717) is 11.4 Å². The number of aromatic nitrogens is 2. The smallest absolute Gasteiger partial charge is 0.156 e. The minimum atomic E-state index is 0.00928. The monoisotopic (exact) mass is 287 g/mol. The number of ketones is 1. The highest BCUT2D eigenvalue weighted by Crippen LogP contribution is 2.22. The Labute approximate surface area is 117 Å². The van der Waals surface area contributed by atoms with Gasteiger partial charge in [-0.3, -0.25) is 14.4 Å². The number of likely N-dealkylation sites (N-methyl/N-ethyl adjacent to an activating group) is 1. The fourth-order valence-electron chi connectivity index (χ4n) is 2.18. The average Bonchev–Trinajstić information content (AvgIpc) is 2.56. The molecule has 18 heavy (non-hydrogen) atoms. The molecule has 2 rings (SSSR count). The van der Waals surface area contributed by atoms with Crippen LogP contribution in [-0.2, 0) is 18.3 Å². The first kappa shape index (κ1) is 13.9. The number of carbonyl (C=O) groups is 1. The molecule has 6 heteroatoms. The third-order valence-electron chi connectivity index (χ3n) is 3.37. The van der Waals surface area contributed by atoms with E-state index in [-0.39, 0.29) is 11.8 Å². The standard InChI is InChI=1S/C12H18ClN3OS/c1-8-12(13)9(16(3)14-8)6-11(17)10-7-18-5-4-15(10)2/h10H,4-7H2,1-3H3. The summed E-state index contributed by atoms with van der Waals surface area (Å²) in [5, 5.41) is 4.86. The van der Waals surface area contributed by atoms with Gasteiger partial charge in [0.15, 0.2) is 5.78 Å². The van der Waals surface area contributed by atoms with Gasteiger partial charge in [-0.25, -0.2) is 0 Å². The van der Waals surface area contributed by atoms with Crippen molar-refractivity contribution in [2.75, 3.05) is 25.1 Å². The summed E-state index contributed by atoms with van der Waals surface area (Å²) >= 11 is 8.02. The summed E-state index contributed by atoms with van der Waals surface area (Å²) in [5.74, 6) is 2.21. The minimum absolute atomic E-state index is 0.00928. The number of halogens is 1. The molecule has 1 aromatic rings. The molecule has 4 nitrogen and oxygen atoms in total. The lowest BCUT2D eigenvalue weighted by Gasteiger charge is -2.30. The van der Waals surface area contributed by atoms with Gasteiger partial charge in [-0.2, -0.15) is 16.9 Å². The molecule has 2 heterocycles. The Kier molecular flexibility index (Phi) is 4.35. The largest absolute Gasteiger partial charge is 0.297 e. The maximum absolute atomic E-state index is 12.3. The van der Waals surface area contributed by atoms with Crippen LogP contribution in [0.15, 0.2) is 0 Å². The molecule has 1 unspecified atom stereocenters. The predicted molar refractivity (Wildman–Crippen MR) is 75.4 cm³/mol. The quantitative estimate of drug-likeness (QED) is 0.845. The summed E-state index contributed by atoms with van der Waals surface area (Å²) in [6, 6.07) is 0.00928. The highest BCUT2D eigenvalue weighted by Gasteiger charge is 2.27. The van der Waals surface area contributed by atoms with E-state index in [2.05, 4.69) is 10.00 Å². The van der Waals surface area contributed by atoms with E-state index >= 15 is 0 Å². The first-order chi connectivity index (χ1) is 8.50. The molecule has 1 aliphatic rings. The lowest BCUT2D eigenvalue weighted by atomic mass is 10.1. The molecule has 0 bridgehead atoms. The molecule has 1 atom stereocenters. The molecule has 0 saturated carbocycles. The van der Waals surface area contributed by atoms with E-state index in [4.69, 9.17) is 11.6 Å². The van der Waals surface area contributed by atoms with Gasteiger partial charge < -0.3 is 0 Å². The fraction of sp³-hybridized carbons (Fsp3) is 0.667. The summed E-state index contributed by atoms with van der Waals surface area (Å²) in [5.41, 5.74) is 1.61. The Morgan fingerprint density at radius 3 is 2.83 bits per heavy atom. The van der Waals surface area contributed by atoms with Gasteiger partial charge in [0.2, 0.25) is 0 Å². The summed E-state index contributed by atoms with van der Waals surface area (Å²) in [6.07, 6.45) is 0.367. The maximum atomic E-state index is 12.3. The van der Waals surface area contributed by atoms with Gasteiger partial charge >= 0.3 is 0 Å². The van der Waals surface area contributed by atoms with Crippen LogP contribution in [0.1, 0.15) is 11.4 Å². The van der Waals surface area contributed by atoms with E-state index < -0.39 is 0 Å². The lowest BCUT2D eigenvalue weighted by Crippen LogP contribution is -2.45. The van der Waals surface area contributed by atoms with Crippen LogP contribution in [0.4, 0.5) is 0 Å². The molecule has 1 fully saturated rings. The zero-order valence-electron chi connectivity index (χ0n) is 10.9. The van der Waals surface area contributed by atoms with Crippen molar-refractivity contribution in [2.24, 2.45) is 7.05 Å². The van der Waals surface area contributed by atoms with E-state index in [1.54, 1.807) is 4.68 Å². The Hall–Kier alpha value is -0.520. The topological polar surface area (TPSA) is 38.1 Å². The number of Topliss-reactive ketones (excluding diaryl/α,β-unsaturated/α-hetero) is 1. The first-order valence-electron chi connectivity index (χ1n) is 5.99. The Balaban J connectivity index is 2.11. The second kappa shape index (κ2) is 5.63. The zero-order valence-corrected chi connectivity index (χ0v) is 12.5. The van der Waals surface area contributed by atoms with E-state index in [0.717, 1.165) is 29.4 Å². The molecule has 0 N–H and O–H groups in total. The summed E-state index contributed by atoms with van der Waals surface area (Å²) in [7, 11) is 3.85. The summed E-state index contributed by atoms with van der Waals surface area (Å²) in [6.45, 7) is 2.83. The van der Waals surface area contributed by atoms with Gasteiger partial charge in [0.1, 0.15) is 0 Å². The second-order valence-electron chi connectivity index (χ2n) is 4.68. The molecular formula is C12H18ClN3OS. The number of carbonyl (C=O) groups excluding carboxylic acids is 1. The summed E-state index contributed by atoms with van der Waals surface area (Å²) < 4.78 is 1.71. The highest BCUT2D eigenvalue weighted by molar-refractivity contribution is 7.99. The number of nitrogens with zero attached hydrogens (tertiary/aromatic N) is 3. The third kappa shape index (κ3) is 2.73. The number of thioether (sulfide) groups is 1. The summed E-state index contributed by atoms with van der Waals surface area (Å²) in [4.78, 5) is 14.5. The van der Waals surface area contributed by atoms with Crippen molar-refractivity contribution in [1.29, 1.82) is 0 Å². The van der Waals surface area contributed by atoms with Crippen molar-refractivity contribution >= 4 is 29.1 Å². The van der Waals surface area contributed by atoms with Crippen LogP contribution in [0.25, 0.3) is 0 Å². The zero-order chi connectivity index (χ0) is 13.3. The van der Waals surface area contributed by atoms with Gasteiger partial charge in [0, 0.05) is 25.1 Å². The van der Waals surface area contributed by atoms with Crippen molar-refractivity contribution in [3.05, 3.63) is 16.4 Å². The van der Waals surface area contributed by atoms with Gasteiger partial charge in [0.05, 0.1) is 28.9 Å².